The molecule has 6 heteroatoms. The van der Waals surface area contributed by atoms with E-state index in [0.717, 1.165) is 48.4 Å². The predicted molar refractivity (Wildman–Crippen MR) is 159 cm³/mol. The van der Waals surface area contributed by atoms with Crippen LogP contribution < -0.4 is 0 Å². The van der Waals surface area contributed by atoms with Crippen LogP contribution in [0.25, 0.3) is 11.1 Å². The second kappa shape index (κ2) is 10.5. The Kier molecular flexibility index (Phi) is 6.98. The largest absolute Gasteiger partial charge is 0.511 e. The van der Waals surface area contributed by atoms with E-state index in [4.69, 9.17) is 0 Å². The Balaban J connectivity index is 1.32. The zero-order valence-electron chi connectivity index (χ0n) is 23.8. The van der Waals surface area contributed by atoms with Crippen molar-refractivity contribution in [3.05, 3.63) is 117 Å². The van der Waals surface area contributed by atoms with Crippen molar-refractivity contribution in [2.24, 2.45) is 11.8 Å². The SMILES string of the molecule is CC(=O)C1=C(O)C[C@@H]2C[C@@H]3Cc4c(-c5ccc(CCCc6ccccc6)cc5)ccc(C)c4C(=O)C3=C(O)[C@]2(O)C1=O. The summed E-state index contributed by atoms with van der Waals surface area (Å²) in [5.41, 5.74) is 3.74. The van der Waals surface area contributed by atoms with Gasteiger partial charge < -0.3 is 15.3 Å². The number of hydrogen-bond acceptors (Lipinski definition) is 6. The van der Waals surface area contributed by atoms with Crippen LogP contribution in [0.3, 0.4) is 0 Å². The molecular formula is C36H34O6. The Morgan fingerprint density at radius 1 is 0.905 bits per heavy atom. The molecular weight excluding hydrogens is 528 g/mol. The minimum absolute atomic E-state index is 0.0351. The molecule has 0 amide bonds. The lowest BCUT2D eigenvalue weighted by Gasteiger charge is -2.46. The Morgan fingerprint density at radius 2 is 1.57 bits per heavy atom. The number of allylic oxidation sites excluding steroid dienone is 2. The molecule has 6 rings (SSSR count). The van der Waals surface area contributed by atoms with Gasteiger partial charge in [-0.25, -0.2) is 0 Å². The van der Waals surface area contributed by atoms with Crippen LogP contribution in [0.1, 0.15) is 58.8 Å². The third-order valence-electron chi connectivity index (χ3n) is 9.32. The van der Waals surface area contributed by atoms with Crippen LogP contribution in [0.2, 0.25) is 0 Å². The average Bonchev–Trinajstić information content (AvgIpc) is 2.96. The second-order valence-corrected chi connectivity index (χ2v) is 11.9. The molecule has 0 unspecified atom stereocenters. The number of aliphatic hydroxyl groups is 3. The summed E-state index contributed by atoms with van der Waals surface area (Å²) in [4.78, 5) is 39.3. The molecule has 0 bridgehead atoms. The normalized spacial score (nSPS) is 23.4. The van der Waals surface area contributed by atoms with E-state index in [1.165, 1.54) is 11.1 Å². The summed E-state index contributed by atoms with van der Waals surface area (Å²) in [6, 6.07) is 22.8. The number of benzene rings is 3. The first-order valence-corrected chi connectivity index (χ1v) is 14.6. The minimum atomic E-state index is -2.41. The molecule has 3 aliphatic carbocycles. The van der Waals surface area contributed by atoms with Crippen molar-refractivity contribution in [3.63, 3.8) is 0 Å². The molecule has 6 nitrogen and oxygen atoms in total. The van der Waals surface area contributed by atoms with Crippen LogP contribution >= 0.6 is 0 Å². The highest BCUT2D eigenvalue weighted by molar-refractivity contribution is 6.25. The summed E-state index contributed by atoms with van der Waals surface area (Å²) in [6.07, 6.45) is 3.57. The molecule has 0 saturated heterocycles. The molecule has 0 radical (unpaired) electrons. The van der Waals surface area contributed by atoms with Gasteiger partial charge in [0.25, 0.3) is 0 Å². The fourth-order valence-corrected chi connectivity index (χ4v) is 7.18. The van der Waals surface area contributed by atoms with Gasteiger partial charge in [-0.1, -0.05) is 66.7 Å². The number of carbonyl (C=O) groups excluding carboxylic acids is 3. The molecule has 0 saturated carbocycles. The summed E-state index contributed by atoms with van der Waals surface area (Å²) < 4.78 is 0. The van der Waals surface area contributed by atoms with Crippen LogP contribution in [-0.4, -0.2) is 38.3 Å². The van der Waals surface area contributed by atoms with E-state index in [1.807, 2.05) is 25.1 Å². The van der Waals surface area contributed by atoms with Gasteiger partial charge in [-0.05, 0) is 85.3 Å². The van der Waals surface area contributed by atoms with Crippen LogP contribution in [0.5, 0.6) is 0 Å². The highest BCUT2D eigenvalue weighted by Crippen LogP contribution is 2.51. The van der Waals surface area contributed by atoms with Crippen LogP contribution in [0.15, 0.2) is 89.4 Å². The summed E-state index contributed by atoms with van der Waals surface area (Å²) in [7, 11) is 0. The van der Waals surface area contributed by atoms with E-state index in [1.54, 1.807) is 0 Å². The molecule has 3 aliphatic rings. The van der Waals surface area contributed by atoms with Crippen molar-refractivity contribution in [3.8, 4) is 11.1 Å². The third kappa shape index (κ3) is 4.42. The molecule has 42 heavy (non-hydrogen) atoms. The smallest absolute Gasteiger partial charge is 0.209 e. The van der Waals surface area contributed by atoms with Gasteiger partial charge in [0.1, 0.15) is 17.1 Å². The zero-order valence-corrected chi connectivity index (χ0v) is 23.8. The van der Waals surface area contributed by atoms with Gasteiger partial charge in [-0.2, -0.15) is 0 Å². The van der Waals surface area contributed by atoms with Gasteiger partial charge in [0.05, 0.1) is 0 Å². The van der Waals surface area contributed by atoms with E-state index < -0.39 is 46.1 Å². The Hall–Kier alpha value is -4.29. The number of carbonyl (C=O) groups is 3. The zero-order chi connectivity index (χ0) is 29.8. The lowest BCUT2D eigenvalue weighted by Crippen LogP contribution is -2.56. The fourth-order valence-electron chi connectivity index (χ4n) is 7.18. The maximum absolute atomic E-state index is 14.0. The van der Waals surface area contributed by atoms with Crippen molar-refractivity contribution >= 4 is 17.3 Å². The number of Topliss-reactive ketones (excluding diaryl/α,β-unsaturated/α-hetero) is 3. The standard InChI is InChI=1S/C36H34O6/c1-20-11-16-27(24-14-12-23(13-15-24)10-6-9-22-7-4-3-5-8-22)28-18-25-17-26-19-29(38)31(21(2)37)34(40)36(26,42)35(41)32(25)33(39)30(20)28/h3-5,7-8,11-16,25-26,38,41-42H,6,9-10,17-19H2,1-2H3/t25-,26+,36-/m1/s1. The van der Waals surface area contributed by atoms with Crippen molar-refractivity contribution in [2.75, 3.05) is 0 Å². The van der Waals surface area contributed by atoms with Gasteiger partial charge in [0.15, 0.2) is 17.2 Å². The minimum Gasteiger partial charge on any atom is -0.511 e. The topological polar surface area (TPSA) is 112 Å². The van der Waals surface area contributed by atoms with E-state index in [-0.39, 0.29) is 24.2 Å². The van der Waals surface area contributed by atoms with Crippen molar-refractivity contribution < 1.29 is 29.7 Å². The highest BCUT2D eigenvalue weighted by Gasteiger charge is 2.59. The Morgan fingerprint density at radius 3 is 2.24 bits per heavy atom. The van der Waals surface area contributed by atoms with Gasteiger partial charge in [0, 0.05) is 23.5 Å². The van der Waals surface area contributed by atoms with E-state index in [0.29, 0.717) is 12.0 Å². The number of fused-ring (bicyclic) bond motifs is 3. The Bertz CT molecular complexity index is 1680. The third-order valence-corrected chi connectivity index (χ3v) is 9.32. The second-order valence-electron chi connectivity index (χ2n) is 11.9. The fraction of sp³-hybridized carbons (Fsp3) is 0.306. The molecule has 0 aliphatic heterocycles. The van der Waals surface area contributed by atoms with Crippen LogP contribution in [-0.2, 0) is 28.9 Å². The van der Waals surface area contributed by atoms with Gasteiger partial charge in [-0.15, -0.1) is 0 Å². The summed E-state index contributed by atoms with van der Waals surface area (Å²) in [5.74, 6) is -4.47. The number of ketones is 3. The number of aliphatic hydroxyl groups excluding tert-OH is 2. The highest BCUT2D eigenvalue weighted by atomic mass is 16.3. The van der Waals surface area contributed by atoms with Crippen LogP contribution in [0, 0.1) is 18.8 Å². The number of aryl methyl sites for hydroxylation is 3. The lowest BCUT2D eigenvalue weighted by atomic mass is 9.59. The molecule has 3 aromatic rings. The maximum Gasteiger partial charge on any atom is 0.209 e. The molecule has 3 N–H and O–H groups in total. The molecule has 3 aromatic carbocycles. The average molecular weight is 563 g/mol. The first-order valence-electron chi connectivity index (χ1n) is 14.6. The van der Waals surface area contributed by atoms with E-state index >= 15 is 0 Å². The van der Waals surface area contributed by atoms with Crippen molar-refractivity contribution in [2.45, 2.75) is 58.0 Å². The van der Waals surface area contributed by atoms with E-state index in [2.05, 4.69) is 48.5 Å². The van der Waals surface area contributed by atoms with Gasteiger partial charge in [0.2, 0.25) is 5.78 Å². The molecule has 0 aromatic heterocycles. The lowest BCUT2D eigenvalue weighted by molar-refractivity contribution is -0.144. The maximum atomic E-state index is 14.0. The Labute approximate surface area is 245 Å². The molecule has 214 valence electrons. The summed E-state index contributed by atoms with van der Waals surface area (Å²) in [6.45, 7) is 2.97. The first-order chi connectivity index (χ1) is 20.1. The summed E-state index contributed by atoms with van der Waals surface area (Å²) in [5, 5.41) is 33.3. The summed E-state index contributed by atoms with van der Waals surface area (Å²) >= 11 is 0. The predicted octanol–water partition coefficient (Wildman–Crippen LogP) is 6.13. The number of rotatable bonds is 6. The molecule has 0 spiro atoms. The van der Waals surface area contributed by atoms with E-state index in [9.17, 15) is 29.7 Å². The molecule has 0 fully saturated rings. The van der Waals surface area contributed by atoms with Crippen LogP contribution in [0.4, 0.5) is 0 Å². The quantitative estimate of drug-likeness (QED) is 0.312. The number of hydrogen-bond donors (Lipinski definition) is 3. The van der Waals surface area contributed by atoms with Gasteiger partial charge >= 0.3 is 0 Å². The molecule has 3 atom stereocenters. The van der Waals surface area contributed by atoms with Crippen molar-refractivity contribution in [1.82, 2.24) is 0 Å². The monoisotopic (exact) mass is 562 g/mol. The van der Waals surface area contributed by atoms with Crippen molar-refractivity contribution in [1.29, 1.82) is 0 Å². The first kappa shape index (κ1) is 27.9. The van der Waals surface area contributed by atoms with Gasteiger partial charge in [-0.3, -0.25) is 14.4 Å². The molecule has 0 heterocycles.